The van der Waals surface area contributed by atoms with Crippen molar-refractivity contribution >= 4 is 32.9 Å². The van der Waals surface area contributed by atoms with E-state index in [0.29, 0.717) is 39.5 Å². The van der Waals surface area contributed by atoms with Gasteiger partial charge < -0.3 is 18.6 Å². The predicted molar refractivity (Wildman–Crippen MR) is 134 cm³/mol. The first-order chi connectivity index (χ1) is 17.8. The van der Waals surface area contributed by atoms with Crippen molar-refractivity contribution in [2.45, 2.75) is 17.9 Å². The van der Waals surface area contributed by atoms with E-state index < -0.39 is 21.8 Å². The van der Waals surface area contributed by atoms with Crippen LogP contribution in [0.15, 0.2) is 70.0 Å². The molecule has 0 bridgehead atoms. The molecule has 11 heteroatoms. The second-order valence-electron chi connectivity index (χ2n) is 7.79. The smallest absolute Gasteiger partial charge is 0.302 e. The average Bonchev–Trinajstić information content (AvgIpc) is 3.32. The molecule has 1 amide bonds. The molecule has 0 saturated heterocycles. The van der Waals surface area contributed by atoms with Gasteiger partial charge in [0.15, 0.2) is 26.9 Å². The minimum atomic E-state index is -3.42. The van der Waals surface area contributed by atoms with Crippen molar-refractivity contribution < 1.29 is 31.8 Å². The summed E-state index contributed by atoms with van der Waals surface area (Å²) in [4.78, 5) is 17.8. The molecule has 0 aliphatic carbocycles. The molecule has 0 aliphatic heterocycles. The van der Waals surface area contributed by atoms with Gasteiger partial charge in [0.25, 0.3) is 5.91 Å². The van der Waals surface area contributed by atoms with Gasteiger partial charge in [0.2, 0.25) is 6.10 Å². The molecule has 4 rings (SSSR count). The molecule has 0 spiro atoms. The van der Waals surface area contributed by atoms with E-state index in [0.717, 1.165) is 0 Å². The molecule has 1 N–H and O–H groups in total. The maximum atomic E-state index is 13.3. The third-order valence-electron chi connectivity index (χ3n) is 5.52. The van der Waals surface area contributed by atoms with E-state index in [1.54, 1.807) is 43.3 Å². The van der Waals surface area contributed by atoms with Crippen LogP contribution in [0.3, 0.4) is 0 Å². The lowest BCUT2D eigenvalue weighted by atomic mass is 10.1. The lowest BCUT2D eigenvalue weighted by Gasteiger charge is -2.18. The molecule has 10 nitrogen and oxygen atoms in total. The van der Waals surface area contributed by atoms with Crippen LogP contribution in [0.2, 0.25) is 0 Å². The van der Waals surface area contributed by atoms with E-state index >= 15 is 0 Å². The van der Waals surface area contributed by atoms with Crippen LogP contribution in [-0.2, 0) is 14.6 Å². The summed E-state index contributed by atoms with van der Waals surface area (Å²) in [5, 5.41) is 11.7. The Kier molecular flexibility index (Phi) is 7.31. The molecule has 3 aromatic carbocycles. The molecule has 1 heterocycles. The minimum Gasteiger partial charge on any atom is -0.493 e. The number of anilines is 1. The highest BCUT2D eigenvalue weighted by molar-refractivity contribution is 7.91. The summed E-state index contributed by atoms with van der Waals surface area (Å²) in [6.45, 7) is 1.55. The van der Waals surface area contributed by atoms with Crippen LogP contribution in [0.25, 0.3) is 11.1 Å². The number of carbonyl (C=O) groups excluding carboxylic acids is 1. The summed E-state index contributed by atoms with van der Waals surface area (Å²) < 4.78 is 46.6. The van der Waals surface area contributed by atoms with Gasteiger partial charge in [0.1, 0.15) is 11.3 Å². The fourth-order valence-corrected chi connectivity index (χ4v) is 4.40. The first-order valence-electron chi connectivity index (χ1n) is 11.1. The Morgan fingerprint density at radius 3 is 2.30 bits per heavy atom. The monoisotopic (exact) mass is 521 g/mol. The number of oxazole rings is 1. The van der Waals surface area contributed by atoms with Gasteiger partial charge in [-0.05, 0) is 36.4 Å². The molecule has 0 fully saturated rings. The number of aromatic nitrogens is 1. The van der Waals surface area contributed by atoms with Crippen LogP contribution in [-0.4, -0.2) is 39.3 Å². The molecule has 0 saturated carbocycles. The van der Waals surface area contributed by atoms with Crippen LogP contribution in [0.5, 0.6) is 17.2 Å². The van der Waals surface area contributed by atoms with E-state index in [4.69, 9.17) is 23.9 Å². The number of nitrogens with one attached hydrogen (secondary N) is 1. The third-order valence-corrected chi connectivity index (χ3v) is 7.27. The fraction of sp³-hybridized carbons (Fsp3) is 0.192. The number of carbonyl (C=O) groups is 1. The molecular weight excluding hydrogens is 498 g/mol. The summed E-state index contributed by atoms with van der Waals surface area (Å²) >= 11 is 0. The number of sulfone groups is 1. The number of rotatable bonds is 9. The number of fused-ring (bicyclic) bond motifs is 1. The number of hydrogen-bond donors (Lipinski definition) is 1. The third kappa shape index (κ3) is 5.49. The lowest BCUT2D eigenvalue weighted by molar-refractivity contribution is -0.123. The predicted octanol–water partition coefficient (Wildman–Crippen LogP) is 4.27. The van der Waals surface area contributed by atoms with Crippen molar-refractivity contribution in [2.75, 3.05) is 25.3 Å². The van der Waals surface area contributed by atoms with Gasteiger partial charge in [-0.1, -0.05) is 19.1 Å². The quantitative estimate of drug-likeness (QED) is 0.342. The number of nitrogens with zero attached hydrogens (tertiary/aromatic N) is 2. The van der Waals surface area contributed by atoms with Crippen LogP contribution < -0.4 is 19.5 Å². The Bertz CT molecular complexity index is 1530. The number of methoxy groups -OCH3 is 2. The average molecular weight is 522 g/mol. The van der Waals surface area contributed by atoms with Crippen molar-refractivity contribution in [2.24, 2.45) is 0 Å². The maximum absolute atomic E-state index is 13.3. The highest BCUT2D eigenvalue weighted by atomic mass is 32.2. The van der Waals surface area contributed by atoms with Crippen LogP contribution in [0.4, 0.5) is 6.01 Å². The van der Waals surface area contributed by atoms with Crippen molar-refractivity contribution in [3.05, 3.63) is 71.8 Å². The van der Waals surface area contributed by atoms with E-state index in [1.807, 2.05) is 6.07 Å². The van der Waals surface area contributed by atoms with Crippen LogP contribution in [0, 0.1) is 11.3 Å². The molecule has 1 aromatic heterocycles. The Labute approximate surface area is 213 Å². The number of amides is 1. The summed E-state index contributed by atoms with van der Waals surface area (Å²) in [6.07, 6.45) is -1.19. The minimum absolute atomic E-state index is 0.0503. The van der Waals surface area contributed by atoms with Gasteiger partial charge >= 0.3 is 6.01 Å². The second-order valence-corrected chi connectivity index (χ2v) is 10.1. The molecule has 0 aliphatic rings. The first-order valence-corrected chi connectivity index (χ1v) is 12.8. The fourth-order valence-electron chi connectivity index (χ4n) is 3.51. The first kappa shape index (κ1) is 25.5. The summed E-state index contributed by atoms with van der Waals surface area (Å²) in [5.41, 5.74) is 1.63. The molecule has 37 heavy (non-hydrogen) atoms. The zero-order valence-corrected chi connectivity index (χ0v) is 21.0. The van der Waals surface area contributed by atoms with Crippen LogP contribution >= 0.6 is 0 Å². The molecule has 1 unspecified atom stereocenters. The number of hydrogen-bond acceptors (Lipinski definition) is 9. The highest BCUT2D eigenvalue weighted by Crippen LogP contribution is 2.33. The number of nitriles is 1. The van der Waals surface area contributed by atoms with Gasteiger partial charge in [0, 0.05) is 17.7 Å². The molecule has 4 aromatic rings. The second kappa shape index (κ2) is 10.6. The zero-order valence-electron chi connectivity index (χ0n) is 20.2. The highest BCUT2D eigenvalue weighted by Gasteiger charge is 2.26. The summed E-state index contributed by atoms with van der Waals surface area (Å²) in [6, 6.07) is 17.3. The van der Waals surface area contributed by atoms with Gasteiger partial charge in [-0.3, -0.25) is 10.1 Å². The zero-order chi connectivity index (χ0) is 26.6. The van der Waals surface area contributed by atoms with Gasteiger partial charge in [-0.25, -0.2) is 8.42 Å². The van der Waals surface area contributed by atoms with E-state index in [1.165, 1.54) is 38.5 Å². The van der Waals surface area contributed by atoms with Crippen LogP contribution in [0.1, 0.15) is 24.2 Å². The van der Waals surface area contributed by atoms with Gasteiger partial charge in [0.05, 0.1) is 36.5 Å². The Balaban J connectivity index is 1.66. The van der Waals surface area contributed by atoms with Crippen molar-refractivity contribution in [1.29, 1.82) is 5.26 Å². The molecular formula is C26H23N3O7S. The molecule has 0 radical (unpaired) electrons. The van der Waals surface area contributed by atoms with Gasteiger partial charge in [-0.15, -0.1) is 0 Å². The van der Waals surface area contributed by atoms with E-state index in [-0.39, 0.29) is 16.7 Å². The van der Waals surface area contributed by atoms with Gasteiger partial charge in [-0.2, -0.15) is 10.2 Å². The topological polar surface area (TPSA) is 141 Å². The van der Waals surface area contributed by atoms with Crippen molar-refractivity contribution in [3.8, 4) is 23.3 Å². The Morgan fingerprint density at radius 2 is 1.70 bits per heavy atom. The largest absolute Gasteiger partial charge is 0.493 e. The van der Waals surface area contributed by atoms with Crippen molar-refractivity contribution in [3.63, 3.8) is 0 Å². The molecule has 190 valence electrons. The molecule has 1 atom stereocenters. The maximum Gasteiger partial charge on any atom is 0.302 e. The number of ether oxygens (including phenoxy) is 3. The number of benzene rings is 3. The summed E-state index contributed by atoms with van der Waals surface area (Å²) in [7, 11) is -0.434. The Morgan fingerprint density at radius 1 is 1.05 bits per heavy atom. The van der Waals surface area contributed by atoms with Crippen molar-refractivity contribution in [1.82, 2.24) is 4.98 Å². The normalized spacial score (nSPS) is 11.9. The van der Waals surface area contributed by atoms with E-state index in [9.17, 15) is 13.2 Å². The Hall–Kier alpha value is -4.56. The van der Waals surface area contributed by atoms with E-state index in [2.05, 4.69) is 10.3 Å². The lowest BCUT2D eigenvalue weighted by Crippen LogP contribution is -2.26. The summed E-state index contributed by atoms with van der Waals surface area (Å²) in [5.74, 6) is 0.557. The standard InChI is InChI=1S/C26H23N3O7S/c1-4-37(31,32)19-11-7-17(8-12-19)24(35-18-9-5-16(15-27)6-10-18)25(30)29-26-28-20-13-22(33-2)23(34-3)14-21(20)36-26/h5-14,24H,4H2,1-3H3,(H,28,29,30). The SMILES string of the molecule is CCS(=O)(=O)c1ccc(C(Oc2ccc(C#N)cc2)C(=O)Nc2nc3cc(OC)c(OC)cc3o2)cc1.